The van der Waals surface area contributed by atoms with Crippen molar-refractivity contribution in [3.8, 4) is 0 Å². The zero-order valence-electron chi connectivity index (χ0n) is 13.3. The van der Waals surface area contributed by atoms with Gasteiger partial charge >= 0.3 is 5.97 Å². The summed E-state index contributed by atoms with van der Waals surface area (Å²) >= 11 is 0. The van der Waals surface area contributed by atoms with Crippen molar-refractivity contribution in [2.24, 2.45) is 28.6 Å². The van der Waals surface area contributed by atoms with E-state index in [0.29, 0.717) is 12.8 Å². The summed E-state index contributed by atoms with van der Waals surface area (Å²) in [5.41, 5.74) is -2.31. The number of aliphatic hydroxyl groups is 2. The zero-order chi connectivity index (χ0) is 16.7. The molecule has 3 unspecified atom stereocenters. The molecule has 0 aromatic heterocycles. The van der Waals surface area contributed by atoms with Crippen LogP contribution in [-0.2, 0) is 19.1 Å². The predicted octanol–water partition coefficient (Wildman–Crippen LogP) is 0.341. The lowest BCUT2D eigenvalue weighted by atomic mass is 9.74. The molecule has 2 rings (SSSR count). The molecule has 2 N–H and O–H groups in total. The monoisotopic (exact) mass is 312 g/mol. The maximum Gasteiger partial charge on any atom is 0.316 e. The molecular formula is C16H24O6. The number of ether oxygens (including phenoxy) is 1. The SMILES string of the molecule is CC(C)C1C2CCC1(COC(=O)C(C)(CO)CO)C(=O)C2=O. The van der Waals surface area contributed by atoms with Crippen molar-refractivity contribution in [1.29, 1.82) is 0 Å². The second kappa shape index (κ2) is 5.74. The normalized spacial score (nSPS) is 31.2. The summed E-state index contributed by atoms with van der Waals surface area (Å²) in [4.78, 5) is 36.5. The van der Waals surface area contributed by atoms with E-state index < -0.39 is 35.8 Å². The molecule has 2 aliphatic carbocycles. The molecule has 0 heterocycles. The summed E-state index contributed by atoms with van der Waals surface area (Å²) in [5, 5.41) is 18.5. The number of carbonyl (C=O) groups excluding carboxylic acids is 3. The summed E-state index contributed by atoms with van der Waals surface area (Å²) in [6, 6.07) is 0. The largest absolute Gasteiger partial charge is 0.464 e. The average Bonchev–Trinajstić information content (AvgIpc) is 2.98. The molecule has 0 spiro atoms. The van der Waals surface area contributed by atoms with Crippen molar-refractivity contribution in [3.63, 3.8) is 0 Å². The van der Waals surface area contributed by atoms with Gasteiger partial charge < -0.3 is 14.9 Å². The van der Waals surface area contributed by atoms with Crippen LogP contribution >= 0.6 is 0 Å². The van der Waals surface area contributed by atoms with Gasteiger partial charge in [-0.25, -0.2) is 0 Å². The lowest BCUT2D eigenvalue weighted by Gasteiger charge is -2.32. The van der Waals surface area contributed by atoms with Gasteiger partial charge in [-0.2, -0.15) is 0 Å². The minimum Gasteiger partial charge on any atom is -0.464 e. The van der Waals surface area contributed by atoms with Crippen LogP contribution in [0.4, 0.5) is 0 Å². The maximum atomic E-state index is 12.4. The van der Waals surface area contributed by atoms with E-state index in [4.69, 9.17) is 4.74 Å². The molecule has 0 aliphatic heterocycles. The highest BCUT2D eigenvalue weighted by Crippen LogP contribution is 2.57. The van der Waals surface area contributed by atoms with Gasteiger partial charge in [0.25, 0.3) is 0 Å². The molecule has 0 amide bonds. The highest BCUT2D eigenvalue weighted by atomic mass is 16.5. The highest BCUT2D eigenvalue weighted by molar-refractivity contribution is 6.43. The van der Waals surface area contributed by atoms with Crippen LogP contribution in [0.15, 0.2) is 0 Å². The number of hydrogen-bond donors (Lipinski definition) is 2. The molecule has 3 atom stereocenters. The van der Waals surface area contributed by atoms with E-state index in [2.05, 4.69) is 0 Å². The summed E-state index contributed by atoms with van der Waals surface area (Å²) in [7, 11) is 0. The van der Waals surface area contributed by atoms with Crippen LogP contribution in [0.5, 0.6) is 0 Å². The number of aliphatic hydroxyl groups excluding tert-OH is 2. The molecule has 2 fully saturated rings. The first-order valence-corrected chi connectivity index (χ1v) is 7.71. The van der Waals surface area contributed by atoms with Crippen LogP contribution in [0, 0.1) is 28.6 Å². The zero-order valence-corrected chi connectivity index (χ0v) is 13.3. The number of fused-ring (bicyclic) bond motifs is 2. The van der Waals surface area contributed by atoms with E-state index >= 15 is 0 Å². The van der Waals surface area contributed by atoms with E-state index in [0.717, 1.165) is 0 Å². The summed E-state index contributed by atoms with van der Waals surface area (Å²) < 4.78 is 5.26. The maximum absolute atomic E-state index is 12.4. The standard InChI is InChI=1S/C16H24O6/c1-9(2)11-10-4-5-16(11,13(20)12(10)19)8-22-14(21)15(3,6-17)7-18/h9-11,17-18H,4-8H2,1-3H3. The third kappa shape index (κ3) is 2.29. The third-order valence-corrected chi connectivity index (χ3v) is 5.36. The van der Waals surface area contributed by atoms with Gasteiger partial charge in [0, 0.05) is 5.92 Å². The van der Waals surface area contributed by atoms with E-state index in [1.807, 2.05) is 13.8 Å². The van der Waals surface area contributed by atoms with Gasteiger partial charge in [0.2, 0.25) is 11.6 Å². The van der Waals surface area contributed by atoms with Crippen LogP contribution in [0.1, 0.15) is 33.6 Å². The molecule has 0 aromatic carbocycles. The van der Waals surface area contributed by atoms with Crippen LogP contribution < -0.4 is 0 Å². The van der Waals surface area contributed by atoms with Crippen molar-refractivity contribution < 1.29 is 29.3 Å². The summed E-state index contributed by atoms with van der Waals surface area (Å²) in [6.07, 6.45) is 1.20. The lowest BCUT2D eigenvalue weighted by molar-refractivity contribution is -0.166. The molecule has 124 valence electrons. The first-order chi connectivity index (χ1) is 10.2. The van der Waals surface area contributed by atoms with Gasteiger partial charge in [-0.15, -0.1) is 0 Å². The van der Waals surface area contributed by atoms with Gasteiger partial charge in [0.05, 0.1) is 18.6 Å². The van der Waals surface area contributed by atoms with Crippen LogP contribution in [0.3, 0.4) is 0 Å². The number of Topliss-reactive ketones (excluding diaryl/α,β-unsaturated/α-hetero) is 2. The predicted molar refractivity (Wildman–Crippen MR) is 76.7 cm³/mol. The number of carbonyl (C=O) groups is 3. The Balaban J connectivity index is 2.18. The Labute approximate surface area is 129 Å². The van der Waals surface area contributed by atoms with Crippen LogP contribution in [0.25, 0.3) is 0 Å². The topological polar surface area (TPSA) is 101 Å². The van der Waals surface area contributed by atoms with Crippen LogP contribution in [0.2, 0.25) is 0 Å². The molecule has 0 saturated heterocycles. The summed E-state index contributed by atoms with van der Waals surface area (Å²) in [6.45, 7) is 4.10. The number of ketones is 2. The first kappa shape index (κ1) is 17.1. The highest BCUT2D eigenvalue weighted by Gasteiger charge is 2.65. The van der Waals surface area contributed by atoms with E-state index in [1.54, 1.807) is 0 Å². The lowest BCUT2D eigenvalue weighted by Crippen LogP contribution is -2.43. The Hall–Kier alpha value is -1.27. The van der Waals surface area contributed by atoms with Crippen molar-refractivity contribution in [2.45, 2.75) is 33.6 Å². The molecule has 22 heavy (non-hydrogen) atoms. The molecule has 6 nitrogen and oxygen atoms in total. The molecule has 2 bridgehead atoms. The molecule has 0 radical (unpaired) electrons. The van der Waals surface area contributed by atoms with Gasteiger partial charge in [0.1, 0.15) is 12.0 Å². The summed E-state index contributed by atoms with van der Waals surface area (Å²) in [5.74, 6) is -1.73. The van der Waals surface area contributed by atoms with Gasteiger partial charge in [-0.1, -0.05) is 13.8 Å². The van der Waals surface area contributed by atoms with Gasteiger partial charge in [-0.3, -0.25) is 14.4 Å². The second-order valence-corrected chi connectivity index (χ2v) is 7.22. The Morgan fingerprint density at radius 2 is 1.95 bits per heavy atom. The van der Waals surface area contributed by atoms with Crippen molar-refractivity contribution >= 4 is 17.5 Å². The molecular weight excluding hydrogens is 288 g/mol. The molecule has 0 aromatic rings. The minimum absolute atomic E-state index is 0.102. The van der Waals surface area contributed by atoms with Crippen molar-refractivity contribution in [3.05, 3.63) is 0 Å². The Kier molecular flexibility index (Phi) is 4.46. The van der Waals surface area contributed by atoms with Crippen LogP contribution in [-0.4, -0.2) is 47.6 Å². The van der Waals surface area contributed by atoms with Gasteiger partial charge in [0.15, 0.2) is 0 Å². The smallest absolute Gasteiger partial charge is 0.316 e. The number of hydrogen-bond acceptors (Lipinski definition) is 6. The second-order valence-electron chi connectivity index (χ2n) is 7.22. The molecule has 2 saturated carbocycles. The van der Waals surface area contributed by atoms with Crippen molar-refractivity contribution in [2.75, 3.05) is 19.8 Å². The fourth-order valence-corrected chi connectivity index (χ4v) is 4.00. The van der Waals surface area contributed by atoms with Gasteiger partial charge in [-0.05, 0) is 31.6 Å². The Bertz CT molecular complexity index is 493. The van der Waals surface area contributed by atoms with E-state index in [1.165, 1.54) is 6.92 Å². The fourth-order valence-electron chi connectivity index (χ4n) is 4.00. The quantitative estimate of drug-likeness (QED) is 0.542. The average molecular weight is 312 g/mol. The van der Waals surface area contributed by atoms with E-state index in [-0.39, 0.29) is 30.1 Å². The number of esters is 1. The molecule has 6 heteroatoms. The fraction of sp³-hybridized carbons (Fsp3) is 0.812. The van der Waals surface area contributed by atoms with Crippen molar-refractivity contribution in [1.82, 2.24) is 0 Å². The molecule has 2 aliphatic rings. The van der Waals surface area contributed by atoms with E-state index in [9.17, 15) is 24.6 Å². The Morgan fingerprint density at radius 1 is 1.36 bits per heavy atom. The third-order valence-electron chi connectivity index (χ3n) is 5.36. The first-order valence-electron chi connectivity index (χ1n) is 7.71. The minimum atomic E-state index is -1.40. The Morgan fingerprint density at radius 3 is 2.45 bits per heavy atom. The number of rotatable bonds is 6.